The van der Waals surface area contributed by atoms with Crippen molar-refractivity contribution in [2.24, 2.45) is 0 Å². The molecule has 2 heterocycles. The summed E-state index contributed by atoms with van der Waals surface area (Å²) in [6, 6.07) is 4.10. The molecular weight excluding hydrogens is 358 g/mol. The van der Waals surface area contributed by atoms with Crippen molar-refractivity contribution >= 4 is 28.5 Å². The average molecular weight is 383 g/mol. The van der Waals surface area contributed by atoms with E-state index in [2.05, 4.69) is 37.3 Å². The molecule has 7 nitrogen and oxygen atoms in total. The molecule has 0 saturated heterocycles. The van der Waals surface area contributed by atoms with Gasteiger partial charge in [-0.2, -0.15) is 5.10 Å². The van der Waals surface area contributed by atoms with Crippen molar-refractivity contribution in [1.82, 2.24) is 9.78 Å². The topological polar surface area (TPSA) is 97.4 Å². The standard InChI is InChI=1S/C21H25N3O4/c1-12(2)16-8-17-14(11-28-18(17)6-13(16)3)7-19(25)23-15-9-22-24(10-15)21(4,5)20(26)27/h6,8-12H,7H2,1-5H3,(H,23,25)(H,26,27). The van der Waals surface area contributed by atoms with E-state index in [0.717, 1.165) is 16.5 Å². The molecule has 1 amide bonds. The van der Waals surface area contributed by atoms with Gasteiger partial charge in [0.2, 0.25) is 5.91 Å². The molecule has 0 aliphatic rings. The van der Waals surface area contributed by atoms with Crippen molar-refractivity contribution in [3.05, 3.63) is 47.5 Å². The lowest BCUT2D eigenvalue weighted by Gasteiger charge is -2.19. The summed E-state index contributed by atoms with van der Waals surface area (Å²) in [7, 11) is 0. The lowest BCUT2D eigenvalue weighted by molar-refractivity contribution is -0.146. The summed E-state index contributed by atoms with van der Waals surface area (Å²) in [6.45, 7) is 9.41. The molecule has 0 spiro atoms. The van der Waals surface area contributed by atoms with Crippen LogP contribution < -0.4 is 5.32 Å². The fraction of sp³-hybridized carbons (Fsp3) is 0.381. The van der Waals surface area contributed by atoms with Gasteiger partial charge in [0.25, 0.3) is 0 Å². The first-order valence-electron chi connectivity index (χ1n) is 9.18. The zero-order chi connectivity index (χ0) is 20.6. The van der Waals surface area contributed by atoms with Gasteiger partial charge in [-0.25, -0.2) is 4.79 Å². The van der Waals surface area contributed by atoms with Crippen LogP contribution in [0.15, 0.2) is 35.2 Å². The van der Waals surface area contributed by atoms with Crippen molar-refractivity contribution in [1.29, 1.82) is 0 Å². The smallest absolute Gasteiger partial charge is 0.331 e. The summed E-state index contributed by atoms with van der Waals surface area (Å²) in [6.07, 6.45) is 4.72. The van der Waals surface area contributed by atoms with Gasteiger partial charge in [0.15, 0.2) is 5.54 Å². The quantitative estimate of drug-likeness (QED) is 0.669. The summed E-state index contributed by atoms with van der Waals surface area (Å²) in [4.78, 5) is 23.8. The van der Waals surface area contributed by atoms with Crippen LogP contribution in [0.1, 0.15) is 50.3 Å². The van der Waals surface area contributed by atoms with Crippen molar-refractivity contribution in [3.63, 3.8) is 0 Å². The van der Waals surface area contributed by atoms with Crippen LogP contribution in [0.2, 0.25) is 0 Å². The molecule has 28 heavy (non-hydrogen) atoms. The number of nitrogens with one attached hydrogen (secondary N) is 1. The number of furan rings is 1. The van der Waals surface area contributed by atoms with Crippen LogP contribution in [0, 0.1) is 6.92 Å². The number of aliphatic carboxylic acids is 1. The van der Waals surface area contributed by atoms with Gasteiger partial charge in [0.1, 0.15) is 5.58 Å². The van der Waals surface area contributed by atoms with Crippen LogP contribution >= 0.6 is 0 Å². The predicted octanol–water partition coefficient (Wildman–Crippen LogP) is 4.06. The molecular formula is C21H25N3O4. The number of carboxylic acids is 1. The SMILES string of the molecule is Cc1cc2occ(CC(=O)Nc3cnn(C(C)(C)C(=O)O)c3)c2cc1C(C)C. The first-order chi connectivity index (χ1) is 13.1. The van der Waals surface area contributed by atoms with Gasteiger partial charge in [-0.3, -0.25) is 9.48 Å². The zero-order valence-electron chi connectivity index (χ0n) is 16.7. The molecule has 0 saturated carbocycles. The van der Waals surface area contributed by atoms with Crippen molar-refractivity contribution < 1.29 is 19.1 Å². The fourth-order valence-electron chi connectivity index (χ4n) is 3.17. The van der Waals surface area contributed by atoms with E-state index in [1.54, 1.807) is 20.1 Å². The van der Waals surface area contributed by atoms with E-state index in [4.69, 9.17) is 4.42 Å². The van der Waals surface area contributed by atoms with E-state index < -0.39 is 11.5 Å². The number of benzene rings is 1. The minimum Gasteiger partial charge on any atom is -0.479 e. The molecule has 3 rings (SSSR count). The van der Waals surface area contributed by atoms with Gasteiger partial charge < -0.3 is 14.8 Å². The zero-order valence-corrected chi connectivity index (χ0v) is 16.7. The molecule has 7 heteroatoms. The Labute approximate surface area is 163 Å². The van der Waals surface area contributed by atoms with Crippen LogP contribution in [0.5, 0.6) is 0 Å². The highest BCUT2D eigenvalue weighted by atomic mass is 16.4. The molecule has 0 fully saturated rings. The Morgan fingerprint density at radius 1 is 1.32 bits per heavy atom. The first kappa shape index (κ1) is 19.7. The summed E-state index contributed by atoms with van der Waals surface area (Å²) >= 11 is 0. The molecule has 2 N–H and O–H groups in total. The predicted molar refractivity (Wildman–Crippen MR) is 107 cm³/mol. The maximum Gasteiger partial charge on any atom is 0.331 e. The van der Waals surface area contributed by atoms with Crippen LogP contribution in [-0.4, -0.2) is 26.8 Å². The van der Waals surface area contributed by atoms with E-state index in [1.165, 1.54) is 28.2 Å². The molecule has 0 unspecified atom stereocenters. The fourth-order valence-corrected chi connectivity index (χ4v) is 3.17. The van der Waals surface area contributed by atoms with Crippen molar-refractivity contribution in [2.75, 3.05) is 5.32 Å². The van der Waals surface area contributed by atoms with E-state index in [-0.39, 0.29) is 12.3 Å². The lowest BCUT2D eigenvalue weighted by atomic mass is 9.95. The second-order valence-corrected chi connectivity index (χ2v) is 7.88. The third-order valence-corrected chi connectivity index (χ3v) is 4.98. The van der Waals surface area contributed by atoms with E-state index in [9.17, 15) is 14.7 Å². The Morgan fingerprint density at radius 2 is 2.04 bits per heavy atom. The van der Waals surface area contributed by atoms with E-state index >= 15 is 0 Å². The lowest BCUT2D eigenvalue weighted by Crippen LogP contribution is -2.35. The molecule has 148 valence electrons. The van der Waals surface area contributed by atoms with Gasteiger partial charge >= 0.3 is 5.97 Å². The number of carbonyl (C=O) groups excluding carboxylic acids is 1. The molecule has 0 atom stereocenters. The number of carboxylic acid groups (broad SMARTS) is 1. The molecule has 2 aromatic heterocycles. The third-order valence-electron chi connectivity index (χ3n) is 4.98. The highest BCUT2D eigenvalue weighted by molar-refractivity contribution is 5.95. The number of aryl methyl sites for hydroxylation is 1. The van der Waals surface area contributed by atoms with Gasteiger partial charge in [-0.05, 0) is 49.9 Å². The number of hydrogen-bond donors (Lipinski definition) is 2. The molecule has 3 aromatic rings. The number of nitrogens with zero attached hydrogens (tertiary/aromatic N) is 2. The Morgan fingerprint density at radius 3 is 2.68 bits per heavy atom. The second-order valence-electron chi connectivity index (χ2n) is 7.88. The number of amides is 1. The van der Waals surface area contributed by atoms with Crippen molar-refractivity contribution in [3.8, 4) is 0 Å². The third kappa shape index (κ3) is 3.65. The van der Waals surface area contributed by atoms with Gasteiger partial charge in [-0.15, -0.1) is 0 Å². The monoisotopic (exact) mass is 383 g/mol. The van der Waals surface area contributed by atoms with Crippen LogP contribution in [0.4, 0.5) is 5.69 Å². The highest BCUT2D eigenvalue weighted by Crippen LogP contribution is 2.29. The molecule has 0 bridgehead atoms. The normalized spacial score (nSPS) is 11.9. The highest BCUT2D eigenvalue weighted by Gasteiger charge is 2.30. The largest absolute Gasteiger partial charge is 0.479 e. The Hall–Kier alpha value is -3.09. The first-order valence-corrected chi connectivity index (χ1v) is 9.18. The average Bonchev–Trinajstić information content (AvgIpc) is 3.21. The molecule has 0 radical (unpaired) electrons. The number of hydrogen-bond acceptors (Lipinski definition) is 4. The van der Waals surface area contributed by atoms with Crippen molar-refractivity contribution in [2.45, 2.75) is 52.5 Å². The Balaban J connectivity index is 1.78. The van der Waals surface area contributed by atoms with E-state index in [0.29, 0.717) is 11.6 Å². The minimum atomic E-state index is -1.20. The van der Waals surface area contributed by atoms with Crippen LogP contribution in [0.3, 0.4) is 0 Å². The van der Waals surface area contributed by atoms with Gasteiger partial charge in [-0.1, -0.05) is 13.8 Å². The maximum absolute atomic E-state index is 12.5. The summed E-state index contributed by atoms with van der Waals surface area (Å²) in [5, 5.41) is 17.0. The second kappa shape index (κ2) is 7.14. The van der Waals surface area contributed by atoms with Crippen LogP contribution in [0.25, 0.3) is 11.0 Å². The molecule has 0 aliphatic carbocycles. The summed E-state index contributed by atoms with van der Waals surface area (Å²) < 4.78 is 6.94. The molecule has 0 aliphatic heterocycles. The van der Waals surface area contributed by atoms with Gasteiger partial charge in [0.05, 0.1) is 24.6 Å². The van der Waals surface area contributed by atoms with Crippen LogP contribution in [-0.2, 0) is 21.5 Å². The maximum atomic E-state index is 12.5. The van der Waals surface area contributed by atoms with Gasteiger partial charge in [0, 0.05) is 17.1 Å². The van der Waals surface area contributed by atoms with E-state index in [1.807, 2.05) is 6.07 Å². The number of carbonyl (C=O) groups is 2. The summed E-state index contributed by atoms with van der Waals surface area (Å²) in [5.74, 6) is -0.846. The number of fused-ring (bicyclic) bond motifs is 1. The number of rotatable bonds is 6. The number of anilines is 1. The number of aromatic nitrogens is 2. The Bertz CT molecular complexity index is 1040. The summed E-state index contributed by atoms with van der Waals surface area (Å²) in [5.41, 5.74) is 3.22. The minimum absolute atomic E-state index is 0.154. The molecule has 1 aromatic carbocycles. The Kier molecular flexibility index (Phi) is 5.02.